The van der Waals surface area contributed by atoms with Gasteiger partial charge in [0.15, 0.2) is 0 Å². The molecule has 1 heterocycles. The number of hydrogen-bond donors (Lipinski definition) is 2. The number of urea groups is 1. The van der Waals surface area contributed by atoms with E-state index in [0.717, 1.165) is 4.90 Å². The molecule has 3 N–H and O–H groups in total. The average molecular weight is 283 g/mol. The Labute approximate surface area is 110 Å². The van der Waals surface area contributed by atoms with Crippen LogP contribution in [0.1, 0.15) is 13.8 Å². The molecule has 1 aromatic carbocycles. The molecule has 1 saturated heterocycles. The molecular weight excluding hydrogens is 270 g/mol. The van der Waals surface area contributed by atoms with E-state index in [1.807, 2.05) is 0 Å². The number of rotatable bonds is 2. The number of benzene rings is 1. The number of anilines is 1. The molecule has 0 saturated carbocycles. The summed E-state index contributed by atoms with van der Waals surface area (Å²) in [5, 5.41) is 7.52. The number of hydrogen-bond acceptors (Lipinski definition) is 4. The second-order valence-electron chi connectivity index (χ2n) is 4.74. The minimum absolute atomic E-state index is 0.157. The Morgan fingerprint density at radius 1 is 1.26 bits per heavy atom. The van der Waals surface area contributed by atoms with E-state index >= 15 is 0 Å². The molecule has 7 nitrogen and oxygen atoms in total. The van der Waals surface area contributed by atoms with E-state index in [4.69, 9.17) is 5.14 Å². The van der Waals surface area contributed by atoms with Crippen LogP contribution in [-0.2, 0) is 14.8 Å². The highest BCUT2D eigenvalue weighted by Crippen LogP contribution is 2.25. The number of nitrogens with two attached hydrogens (primary N) is 1. The van der Waals surface area contributed by atoms with Gasteiger partial charge in [-0.2, -0.15) is 0 Å². The van der Waals surface area contributed by atoms with Gasteiger partial charge in [-0.3, -0.25) is 4.79 Å². The minimum Gasteiger partial charge on any atom is -0.323 e. The zero-order valence-electron chi connectivity index (χ0n) is 10.4. The number of carbonyl (C=O) groups excluding carboxylic acids is 2. The highest BCUT2D eigenvalue weighted by Gasteiger charge is 2.45. The van der Waals surface area contributed by atoms with E-state index in [9.17, 15) is 18.0 Å². The molecule has 0 aromatic heterocycles. The van der Waals surface area contributed by atoms with Gasteiger partial charge in [-0.05, 0) is 32.0 Å². The predicted molar refractivity (Wildman–Crippen MR) is 67.9 cm³/mol. The lowest BCUT2D eigenvalue weighted by atomic mass is 10.1. The lowest BCUT2D eigenvalue weighted by molar-refractivity contribution is -0.121. The minimum atomic E-state index is -3.89. The van der Waals surface area contributed by atoms with Crippen molar-refractivity contribution in [2.75, 3.05) is 4.90 Å². The number of sulfonamides is 1. The first-order chi connectivity index (χ1) is 8.63. The fourth-order valence-corrected chi connectivity index (χ4v) is 2.34. The first-order valence-corrected chi connectivity index (χ1v) is 6.97. The van der Waals surface area contributed by atoms with Crippen molar-refractivity contribution in [3.05, 3.63) is 24.3 Å². The van der Waals surface area contributed by atoms with Crippen molar-refractivity contribution in [1.82, 2.24) is 5.32 Å². The van der Waals surface area contributed by atoms with Gasteiger partial charge >= 0.3 is 6.03 Å². The number of imide groups is 1. The summed E-state index contributed by atoms with van der Waals surface area (Å²) in [6.07, 6.45) is 0. The molecule has 1 aliphatic heterocycles. The molecule has 1 aliphatic rings. The maximum Gasteiger partial charge on any atom is 0.329 e. The van der Waals surface area contributed by atoms with Crippen LogP contribution in [0.3, 0.4) is 0 Å². The van der Waals surface area contributed by atoms with E-state index in [2.05, 4.69) is 5.32 Å². The van der Waals surface area contributed by atoms with Crippen molar-refractivity contribution in [1.29, 1.82) is 0 Å². The summed E-state index contributed by atoms with van der Waals surface area (Å²) >= 11 is 0. The fraction of sp³-hybridized carbons (Fsp3) is 0.273. The zero-order valence-corrected chi connectivity index (χ0v) is 11.2. The topological polar surface area (TPSA) is 110 Å². The SMILES string of the molecule is CC1(C)NC(=O)N(c2cccc(S(N)(=O)=O)c2)C1=O. The summed E-state index contributed by atoms with van der Waals surface area (Å²) in [7, 11) is -3.89. The first-order valence-electron chi connectivity index (χ1n) is 5.42. The van der Waals surface area contributed by atoms with E-state index in [1.54, 1.807) is 13.8 Å². The van der Waals surface area contributed by atoms with Crippen LogP contribution >= 0.6 is 0 Å². The van der Waals surface area contributed by atoms with E-state index in [0.29, 0.717) is 0 Å². The Kier molecular flexibility index (Phi) is 2.87. The Morgan fingerprint density at radius 2 is 1.89 bits per heavy atom. The van der Waals surface area contributed by atoms with Crippen LogP contribution in [0.25, 0.3) is 0 Å². The Morgan fingerprint density at radius 3 is 2.37 bits per heavy atom. The van der Waals surface area contributed by atoms with Crippen LogP contribution in [0.15, 0.2) is 29.2 Å². The van der Waals surface area contributed by atoms with Crippen LogP contribution in [0.4, 0.5) is 10.5 Å². The third-order valence-corrected chi connectivity index (χ3v) is 3.68. The van der Waals surface area contributed by atoms with Crippen molar-refractivity contribution in [3.63, 3.8) is 0 Å². The van der Waals surface area contributed by atoms with Crippen molar-refractivity contribution >= 4 is 27.6 Å². The van der Waals surface area contributed by atoms with E-state index < -0.39 is 27.5 Å². The van der Waals surface area contributed by atoms with Gasteiger partial charge in [0.05, 0.1) is 10.6 Å². The van der Waals surface area contributed by atoms with Gasteiger partial charge in [0, 0.05) is 0 Å². The summed E-state index contributed by atoms with van der Waals surface area (Å²) in [5.41, 5.74) is -0.853. The Balaban J connectivity index is 2.49. The van der Waals surface area contributed by atoms with Crippen molar-refractivity contribution in [2.45, 2.75) is 24.3 Å². The molecule has 19 heavy (non-hydrogen) atoms. The monoisotopic (exact) mass is 283 g/mol. The average Bonchev–Trinajstić information content (AvgIpc) is 2.47. The summed E-state index contributed by atoms with van der Waals surface area (Å²) in [4.78, 5) is 24.6. The van der Waals surface area contributed by atoms with E-state index in [-0.39, 0.29) is 10.6 Å². The maximum atomic E-state index is 12.1. The fourth-order valence-electron chi connectivity index (χ4n) is 1.78. The van der Waals surface area contributed by atoms with Gasteiger partial charge in [-0.25, -0.2) is 23.3 Å². The zero-order chi connectivity index (χ0) is 14.4. The molecule has 102 valence electrons. The number of primary sulfonamides is 1. The third-order valence-electron chi connectivity index (χ3n) is 2.76. The van der Waals surface area contributed by atoms with Gasteiger partial charge in [0.1, 0.15) is 5.54 Å². The number of nitrogens with one attached hydrogen (secondary N) is 1. The maximum absolute atomic E-state index is 12.1. The van der Waals surface area contributed by atoms with Gasteiger partial charge in [0.25, 0.3) is 5.91 Å². The lowest BCUT2D eigenvalue weighted by Crippen LogP contribution is -2.40. The molecule has 2 rings (SSSR count). The van der Waals surface area contributed by atoms with Crippen LogP contribution in [0.5, 0.6) is 0 Å². The van der Waals surface area contributed by atoms with Gasteiger partial charge < -0.3 is 5.32 Å². The molecule has 0 unspecified atom stereocenters. The quantitative estimate of drug-likeness (QED) is 0.754. The van der Waals surface area contributed by atoms with E-state index in [1.165, 1.54) is 24.3 Å². The largest absolute Gasteiger partial charge is 0.329 e. The number of nitrogens with zero attached hydrogens (tertiary/aromatic N) is 1. The second-order valence-corrected chi connectivity index (χ2v) is 6.30. The third kappa shape index (κ3) is 2.32. The summed E-state index contributed by atoms with van der Waals surface area (Å²) < 4.78 is 22.5. The second kappa shape index (κ2) is 4.04. The predicted octanol–water partition coefficient (Wildman–Crippen LogP) is 0.169. The molecular formula is C11H13N3O4S. The highest BCUT2D eigenvalue weighted by molar-refractivity contribution is 7.89. The number of amides is 3. The molecule has 8 heteroatoms. The lowest BCUT2D eigenvalue weighted by Gasteiger charge is -2.16. The highest BCUT2D eigenvalue weighted by atomic mass is 32.2. The van der Waals surface area contributed by atoms with Crippen LogP contribution in [0.2, 0.25) is 0 Å². The van der Waals surface area contributed by atoms with Crippen LogP contribution < -0.4 is 15.4 Å². The molecule has 3 amide bonds. The van der Waals surface area contributed by atoms with Crippen LogP contribution in [-0.4, -0.2) is 25.9 Å². The smallest absolute Gasteiger partial charge is 0.323 e. The van der Waals surface area contributed by atoms with Gasteiger partial charge in [-0.1, -0.05) is 6.07 Å². The Hall–Kier alpha value is -1.93. The molecule has 1 aromatic rings. The standard InChI is InChI=1S/C11H13N3O4S/c1-11(2)9(15)14(10(16)13-11)7-4-3-5-8(6-7)19(12,17)18/h3-6H,1-2H3,(H,13,16)(H2,12,17,18). The molecule has 1 fully saturated rings. The van der Waals surface area contributed by atoms with Gasteiger partial charge in [-0.15, -0.1) is 0 Å². The Bertz CT molecular complexity index is 666. The van der Waals surface area contributed by atoms with Crippen LogP contribution in [0, 0.1) is 0 Å². The van der Waals surface area contributed by atoms with Crippen molar-refractivity contribution < 1.29 is 18.0 Å². The normalized spacial score (nSPS) is 18.6. The molecule has 0 atom stereocenters. The molecule has 0 bridgehead atoms. The molecule has 0 spiro atoms. The summed E-state index contributed by atoms with van der Waals surface area (Å²) in [6, 6.07) is 4.77. The van der Waals surface area contributed by atoms with Gasteiger partial charge in [0.2, 0.25) is 10.0 Å². The van der Waals surface area contributed by atoms with Crippen molar-refractivity contribution in [3.8, 4) is 0 Å². The molecule has 0 radical (unpaired) electrons. The molecule has 0 aliphatic carbocycles. The summed E-state index contributed by atoms with van der Waals surface area (Å²) in [5.74, 6) is -0.455. The number of carbonyl (C=O) groups is 2. The summed E-state index contributed by atoms with van der Waals surface area (Å²) in [6.45, 7) is 3.13. The first kappa shape index (κ1) is 13.5. The van der Waals surface area contributed by atoms with Crippen molar-refractivity contribution in [2.24, 2.45) is 5.14 Å².